The molecule has 3 heterocycles. The first-order chi connectivity index (χ1) is 10.2. The summed E-state index contributed by atoms with van der Waals surface area (Å²) < 4.78 is 2.61. The topological polar surface area (TPSA) is 87.7 Å². The highest BCUT2D eigenvalue weighted by atomic mass is 32.2. The van der Waals surface area contributed by atoms with Gasteiger partial charge in [-0.1, -0.05) is 23.1 Å². The molecule has 3 rings (SSSR count). The molecule has 0 spiro atoms. The minimum atomic E-state index is 0.0683. The van der Waals surface area contributed by atoms with Gasteiger partial charge in [0.15, 0.2) is 10.0 Å². The van der Waals surface area contributed by atoms with Crippen LogP contribution in [-0.4, -0.2) is 43.1 Å². The Hall–Kier alpha value is -1.92. The number of rotatable bonds is 3. The zero-order valence-electron chi connectivity index (χ0n) is 11.3. The molecule has 0 saturated heterocycles. The Morgan fingerprint density at radius 2 is 2.38 bits per heavy atom. The van der Waals surface area contributed by atoms with Crippen LogP contribution in [0.4, 0.5) is 0 Å². The summed E-state index contributed by atoms with van der Waals surface area (Å²) in [6.45, 7) is 3.64. The lowest BCUT2D eigenvalue weighted by Gasteiger charge is -2.27. The Balaban J connectivity index is 1.60. The minimum absolute atomic E-state index is 0.0683. The maximum atomic E-state index is 12.2. The third kappa shape index (κ3) is 3.06. The average Bonchev–Trinajstić information content (AvgIpc) is 3.09. The molecule has 108 valence electrons. The molecule has 0 fully saturated rings. The lowest BCUT2D eigenvalue weighted by molar-refractivity contribution is -0.129. The number of fused-ring (bicyclic) bond motifs is 1. The second kappa shape index (κ2) is 5.83. The number of hydrogen-bond acceptors (Lipinski definition) is 7. The molecule has 0 saturated carbocycles. The third-order valence-electron chi connectivity index (χ3n) is 3.09. The van der Waals surface area contributed by atoms with Crippen molar-refractivity contribution in [3.63, 3.8) is 0 Å². The van der Waals surface area contributed by atoms with Crippen molar-refractivity contribution in [1.82, 2.24) is 24.9 Å². The summed E-state index contributed by atoms with van der Waals surface area (Å²) in [6.07, 6.45) is 0. The standard InChI is InChI=1S/C12H12N6OS2/c1-8-14-15-12(21-8)20-7-11(19)17-2-3-18-10(6-17)4-9(5-13)16-18/h4H,2-3,6-7H2,1H3. The second-order valence-electron chi connectivity index (χ2n) is 4.55. The van der Waals surface area contributed by atoms with Crippen molar-refractivity contribution < 1.29 is 4.79 Å². The van der Waals surface area contributed by atoms with Crippen LogP contribution in [0.3, 0.4) is 0 Å². The highest BCUT2D eigenvalue weighted by molar-refractivity contribution is 8.01. The molecule has 0 radical (unpaired) electrons. The predicted molar refractivity (Wildman–Crippen MR) is 77.7 cm³/mol. The number of nitriles is 1. The number of aromatic nitrogens is 4. The lowest BCUT2D eigenvalue weighted by atomic mass is 10.3. The van der Waals surface area contributed by atoms with Crippen molar-refractivity contribution in [1.29, 1.82) is 5.26 Å². The molecule has 0 N–H and O–H groups in total. The second-order valence-corrected chi connectivity index (χ2v) is 6.95. The normalized spacial score (nSPS) is 13.8. The fourth-order valence-corrected chi connectivity index (χ4v) is 3.80. The molecule has 0 aliphatic carbocycles. The molecule has 2 aromatic heterocycles. The Bertz CT molecular complexity index is 716. The molecule has 1 aliphatic heterocycles. The van der Waals surface area contributed by atoms with E-state index in [0.29, 0.717) is 31.1 Å². The highest BCUT2D eigenvalue weighted by Crippen LogP contribution is 2.23. The monoisotopic (exact) mass is 320 g/mol. The quantitative estimate of drug-likeness (QED) is 0.786. The molecule has 0 bridgehead atoms. The van der Waals surface area contributed by atoms with Gasteiger partial charge in [0.2, 0.25) is 5.91 Å². The van der Waals surface area contributed by atoms with E-state index in [1.54, 1.807) is 15.6 Å². The number of carbonyl (C=O) groups excluding carboxylic acids is 1. The van der Waals surface area contributed by atoms with Crippen molar-refractivity contribution >= 4 is 29.0 Å². The number of thioether (sulfide) groups is 1. The van der Waals surface area contributed by atoms with Crippen LogP contribution in [0.15, 0.2) is 10.4 Å². The number of hydrogen-bond donors (Lipinski definition) is 0. The maximum absolute atomic E-state index is 12.2. The molecule has 21 heavy (non-hydrogen) atoms. The van der Waals surface area contributed by atoms with Gasteiger partial charge in [0.25, 0.3) is 0 Å². The van der Waals surface area contributed by atoms with E-state index in [1.165, 1.54) is 23.1 Å². The average molecular weight is 320 g/mol. The lowest BCUT2D eigenvalue weighted by Crippen LogP contribution is -2.39. The van der Waals surface area contributed by atoms with Crippen LogP contribution in [0.25, 0.3) is 0 Å². The van der Waals surface area contributed by atoms with E-state index in [4.69, 9.17) is 5.26 Å². The maximum Gasteiger partial charge on any atom is 0.233 e. The van der Waals surface area contributed by atoms with Crippen LogP contribution in [0.5, 0.6) is 0 Å². The molecular weight excluding hydrogens is 308 g/mol. The van der Waals surface area contributed by atoms with Gasteiger partial charge in [-0.2, -0.15) is 10.4 Å². The van der Waals surface area contributed by atoms with Gasteiger partial charge in [0.05, 0.1) is 24.5 Å². The molecule has 0 unspecified atom stereocenters. The molecular formula is C12H12N6OS2. The SMILES string of the molecule is Cc1nnc(SCC(=O)N2CCn3nc(C#N)cc3C2)s1. The van der Waals surface area contributed by atoms with Crippen molar-refractivity contribution in [2.75, 3.05) is 12.3 Å². The highest BCUT2D eigenvalue weighted by Gasteiger charge is 2.22. The summed E-state index contributed by atoms with van der Waals surface area (Å²) in [5, 5.41) is 21.8. The summed E-state index contributed by atoms with van der Waals surface area (Å²) in [5.74, 6) is 0.423. The van der Waals surface area contributed by atoms with Crippen LogP contribution in [0.1, 0.15) is 16.4 Å². The fourth-order valence-electron chi connectivity index (χ4n) is 2.09. The van der Waals surface area contributed by atoms with Crippen LogP contribution >= 0.6 is 23.1 Å². The minimum Gasteiger partial charge on any atom is -0.334 e. The summed E-state index contributed by atoms with van der Waals surface area (Å²) in [7, 11) is 0. The molecule has 7 nitrogen and oxygen atoms in total. The van der Waals surface area contributed by atoms with Gasteiger partial charge in [-0.15, -0.1) is 10.2 Å². The first-order valence-electron chi connectivity index (χ1n) is 6.33. The van der Waals surface area contributed by atoms with Gasteiger partial charge in [-0.3, -0.25) is 9.48 Å². The first kappa shape index (κ1) is 14.0. The number of aryl methyl sites for hydroxylation is 1. The van der Waals surface area contributed by atoms with Crippen LogP contribution in [0, 0.1) is 18.3 Å². The van der Waals surface area contributed by atoms with Gasteiger partial charge in [0, 0.05) is 6.54 Å². The van der Waals surface area contributed by atoms with Gasteiger partial charge >= 0.3 is 0 Å². The van der Waals surface area contributed by atoms with E-state index in [9.17, 15) is 4.79 Å². The summed E-state index contributed by atoms with van der Waals surface area (Å²) in [4.78, 5) is 14.0. The fraction of sp³-hybridized carbons (Fsp3) is 0.417. The molecule has 0 atom stereocenters. The summed E-state index contributed by atoms with van der Waals surface area (Å²) in [6, 6.07) is 3.76. The molecule has 1 aliphatic rings. The zero-order chi connectivity index (χ0) is 14.8. The Morgan fingerprint density at radius 3 is 3.10 bits per heavy atom. The molecule has 9 heteroatoms. The van der Waals surface area contributed by atoms with E-state index in [2.05, 4.69) is 15.3 Å². The van der Waals surface area contributed by atoms with Crippen molar-refractivity contribution in [2.45, 2.75) is 24.4 Å². The van der Waals surface area contributed by atoms with Crippen LogP contribution < -0.4 is 0 Å². The van der Waals surface area contributed by atoms with Crippen molar-refractivity contribution in [2.24, 2.45) is 0 Å². The van der Waals surface area contributed by atoms with Crippen LogP contribution in [-0.2, 0) is 17.9 Å². The Labute approximate surface area is 129 Å². The Kier molecular flexibility index (Phi) is 3.90. The molecule has 0 aromatic carbocycles. The third-order valence-corrected chi connectivity index (χ3v) is 5.05. The Morgan fingerprint density at radius 1 is 1.52 bits per heavy atom. The zero-order valence-corrected chi connectivity index (χ0v) is 12.9. The van der Waals surface area contributed by atoms with Gasteiger partial charge in [-0.25, -0.2) is 0 Å². The van der Waals surface area contributed by atoms with Crippen LogP contribution in [0.2, 0.25) is 0 Å². The van der Waals surface area contributed by atoms with Crippen molar-refractivity contribution in [3.05, 3.63) is 22.5 Å². The molecule has 1 amide bonds. The number of nitrogens with zero attached hydrogens (tertiary/aromatic N) is 6. The van der Waals surface area contributed by atoms with Crippen molar-refractivity contribution in [3.8, 4) is 6.07 Å². The first-order valence-corrected chi connectivity index (χ1v) is 8.13. The van der Waals surface area contributed by atoms with E-state index >= 15 is 0 Å². The van der Waals surface area contributed by atoms with E-state index in [-0.39, 0.29) is 5.91 Å². The van der Waals surface area contributed by atoms with Gasteiger partial charge in [-0.05, 0) is 13.0 Å². The van der Waals surface area contributed by atoms with Gasteiger partial charge < -0.3 is 4.90 Å². The van der Waals surface area contributed by atoms with Gasteiger partial charge in [0.1, 0.15) is 11.1 Å². The predicted octanol–water partition coefficient (Wildman–Crippen LogP) is 1.05. The molecule has 2 aromatic rings. The summed E-state index contributed by atoms with van der Waals surface area (Å²) in [5.41, 5.74) is 1.31. The van der Waals surface area contributed by atoms with E-state index in [0.717, 1.165) is 15.0 Å². The summed E-state index contributed by atoms with van der Waals surface area (Å²) >= 11 is 2.90. The van der Waals surface area contributed by atoms with E-state index < -0.39 is 0 Å². The number of carbonyl (C=O) groups is 1. The number of amides is 1. The largest absolute Gasteiger partial charge is 0.334 e. The smallest absolute Gasteiger partial charge is 0.233 e. The van der Waals surface area contributed by atoms with E-state index in [1.807, 2.05) is 13.0 Å².